The van der Waals surface area contributed by atoms with Gasteiger partial charge in [0.15, 0.2) is 0 Å². The highest BCUT2D eigenvalue weighted by Crippen LogP contribution is 2.25. The fourth-order valence-corrected chi connectivity index (χ4v) is 1.81. The molecule has 0 aliphatic carbocycles. The summed E-state index contributed by atoms with van der Waals surface area (Å²) in [6.45, 7) is 3.43. The number of aromatic nitrogens is 1. The first-order valence-electron chi connectivity index (χ1n) is 5.50. The largest absolute Gasteiger partial charge is 0.478 e. The van der Waals surface area contributed by atoms with Gasteiger partial charge in [-0.05, 0) is 31.0 Å². The van der Waals surface area contributed by atoms with E-state index in [4.69, 9.17) is 4.74 Å². The van der Waals surface area contributed by atoms with Crippen LogP contribution in [0.2, 0.25) is 0 Å². The van der Waals surface area contributed by atoms with Crippen molar-refractivity contribution in [1.82, 2.24) is 10.3 Å². The monoisotopic (exact) mass is 216 g/mol. The maximum atomic E-state index is 5.52. The zero-order valence-corrected chi connectivity index (χ0v) is 9.66. The second kappa shape index (κ2) is 4.94. The Morgan fingerprint density at radius 3 is 2.69 bits per heavy atom. The van der Waals surface area contributed by atoms with Crippen molar-refractivity contribution in [2.75, 3.05) is 13.7 Å². The van der Waals surface area contributed by atoms with Gasteiger partial charge in [-0.15, -0.1) is 0 Å². The van der Waals surface area contributed by atoms with Crippen LogP contribution in [-0.2, 0) is 6.54 Å². The third kappa shape index (κ3) is 1.99. The summed E-state index contributed by atoms with van der Waals surface area (Å²) in [5, 5.41) is 5.43. The van der Waals surface area contributed by atoms with Crippen molar-refractivity contribution >= 4 is 10.8 Å². The molecule has 0 fully saturated rings. The van der Waals surface area contributed by atoms with Crippen molar-refractivity contribution in [1.29, 1.82) is 0 Å². The Labute approximate surface area is 95.5 Å². The Hall–Kier alpha value is -1.61. The lowest BCUT2D eigenvalue weighted by molar-refractivity contribution is 0.331. The van der Waals surface area contributed by atoms with Gasteiger partial charge in [0.25, 0.3) is 0 Å². The molecule has 1 N–H and O–H groups in total. The number of hydrogen-bond donors (Lipinski definition) is 1. The predicted molar refractivity (Wildman–Crippen MR) is 65.7 cm³/mol. The molecule has 3 nitrogen and oxygen atoms in total. The maximum absolute atomic E-state index is 5.52. The van der Waals surface area contributed by atoms with Crippen LogP contribution in [0, 0.1) is 0 Å². The van der Waals surface area contributed by atoms with Crippen LogP contribution in [0.5, 0.6) is 5.88 Å². The fourth-order valence-electron chi connectivity index (χ4n) is 1.81. The Bertz CT molecular complexity index is 438. The zero-order valence-electron chi connectivity index (χ0n) is 9.66. The molecule has 1 heterocycles. The molecule has 0 unspecified atom stereocenters. The minimum absolute atomic E-state index is 0.641. The van der Waals surface area contributed by atoms with Crippen LogP contribution < -0.4 is 10.1 Å². The molecule has 0 amide bonds. The molecule has 0 atom stereocenters. The highest BCUT2D eigenvalue weighted by molar-refractivity contribution is 5.89. The molecule has 1 aromatic heterocycles. The van der Waals surface area contributed by atoms with E-state index >= 15 is 0 Å². The third-order valence-corrected chi connectivity index (χ3v) is 2.49. The van der Waals surface area contributed by atoms with E-state index in [-0.39, 0.29) is 0 Å². The van der Waals surface area contributed by atoms with E-state index in [0.29, 0.717) is 6.61 Å². The van der Waals surface area contributed by atoms with E-state index < -0.39 is 0 Å². The number of rotatable bonds is 4. The summed E-state index contributed by atoms with van der Waals surface area (Å²) in [6, 6.07) is 8.20. The normalized spacial score (nSPS) is 10.6. The second-order valence-corrected chi connectivity index (χ2v) is 3.60. The van der Waals surface area contributed by atoms with Crippen LogP contribution in [-0.4, -0.2) is 18.6 Å². The van der Waals surface area contributed by atoms with Gasteiger partial charge in [0, 0.05) is 18.1 Å². The molecule has 0 saturated carbocycles. The first-order valence-corrected chi connectivity index (χ1v) is 5.50. The molecule has 0 spiro atoms. The van der Waals surface area contributed by atoms with Gasteiger partial charge in [0.1, 0.15) is 0 Å². The number of nitrogens with one attached hydrogen (secondary N) is 1. The van der Waals surface area contributed by atoms with Crippen LogP contribution in [0.4, 0.5) is 0 Å². The highest BCUT2D eigenvalue weighted by atomic mass is 16.5. The number of hydrogen-bond acceptors (Lipinski definition) is 3. The Balaban J connectivity index is 2.57. The Kier molecular flexibility index (Phi) is 3.37. The summed E-state index contributed by atoms with van der Waals surface area (Å²) in [6.07, 6.45) is 1.88. The highest BCUT2D eigenvalue weighted by Gasteiger charge is 2.06. The van der Waals surface area contributed by atoms with E-state index in [1.54, 1.807) is 0 Å². The Morgan fingerprint density at radius 1 is 1.25 bits per heavy atom. The SMILES string of the molecule is CCOc1ncc(CNC)c2ccccc12. The number of pyridine rings is 1. The summed E-state index contributed by atoms with van der Waals surface area (Å²) in [4.78, 5) is 4.35. The van der Waals surface area contributed by atoms with Crippen molar-refractivity contribution < 1.29 is 4.74 Å². The lowest BCUT2D eigenvalue weighted by Crippen LogP contribution is -2.06. The van der Waals surface area contributed by atoms with E-state index in [9.17, 15) is 0 Å². The molecule has 16 heavy (non-hydrogen) atoms. The van der Waals surface area contributed by atoms with Crippen LogP contribution in [0.1, 0.15) is 12.5 Å². The van der Waals surface area contributed by atoms with Crippen molar-refractivity contribution in [2.45, 2.75) is 13.5 Å². The van der Waals surface area contributed by atoms with E-state index in [1.165, 1.54) is 10.9 Å². The van der Waals surface area contributed by atoms with Crippen molar-refractivity contribution in [3.63, 3.8) is 0 Å². The molecule has 0 bridgehead atoms. The van der Waals surface area contributed by atoms with Gasteiger partial charge in [-0.1, -0.05) is 18.2 Å². The fraction of sp³-hybridized carbons (Fsp3) is 0.308. The van der Waals surface area contributed by atoms with E-state index in [0.717, 1.165) is 17.8 Å². The smallest absolute Gasteiger partial charge is 0.221 e. The topological polar surface area (TPSA) is 34.1 Å². The average molecular weight is 216 g/mol. The number of ether oxygens (including phenoxy) is 1. The van der Waals surface area contributed by atoms with Crippen molar-refractivity contribution in [3.8, 4) is 5.88 Å². The lowest BCUT2D eigenvalue weighted by atomic mass is 10.1. The minimum Gasteiger partial charge on any atom is -0.478 e. The number of fused-ring (bicyclic) bond motifs is 1. The van der Waals surface area contributed by atoms with Crippen LogP contribution in [0.25, 0.3) is 10.8 Å². The summed E-state index contributed by atoms with van der Waals surface area (Å²) in [5.74, 6) is 0.720. The summed E-state index contributed by atoms with van der Waals surface area (Å²) < 4.78 is 5.52. The van der Waals surface area contributed by atoms with Gasteiger partial charge in [0.05, 0.1) is 6.61 Å². The molecule has 0 aliphatic rings. The van der Waals surface area contributed by atoms with E-state index in [1.807, 2.05) is 38.4 Å². The summed E-state index contributed by atoms with van der Waals surface area (Å²) in [7, 11) is 1.94. The first kappa shape index (κ1) is 10.9. The van der Waals surface area contributed by atoms with Crippen LogP contribution in [0.15, 0.2) is 30.5 Å². The van der Waals surface area contributed by atoms with Gasteiger partial charge in [-0.25, -0.2) is 4.98 Å². The quantitative estimate of drug-likeness (QED) is 0.851. The molecule has 3 heteroatoms. The second-order valence-electron chi connectivity index (χ2n) is 3.60. The van der Waals surface area contributed by atoms with Gasteiger partial charge >= 0.3 is 0 Å². The standard InChI is InChI=1S/C13H16N2O/c1-3-16-13-12-7-5-4-6-11(12)10(8-14-2)9-15-13/h4-7,9,14H,3,8H2,1-2H3. The third-order valence-electron chi connectivity index (χ3n) is 2.49. The average Bonchev–Trinajstić information content (AvgIpc) is 2.33. The van der Waals surface area contributed by atoms with Gasteiger partial charge in [0.2, 0.25) is 5.88 Å². The molecule has 0 aliphatic heterocycles. The molecule has 2 rings (SSSR count). The number of nitrogens with zero attached hydrogens (tertiary/aromatic N) is 1. The van der Waals surface area contributed by atoms with Crippen molar-refractivity contribution in [3.05, 3.63) is 36.0 Å². The molecule has 84 valence electrons. The van der Waals surface area contributed by atoms with E-state index in [2.05, 4.69) is 16.4 Å². The van der Waals surface area contributed by atoms with Gasteiger partial charge in [-0.2, -0.15) is 0 Å². The molecule has 1 aromatic carbocycles. The van der Waals surface area contributed by atoms with Gasteiger partial charge < -0.3 is 10.1 Å². The molecular weight excluding hydrogens is 200 g/mol. The maximum Gasteiger partial charge on any atom is 0.221 e. The first-order chi connectivity index (χ1) is 7.86. The zero-order chi connectivity index (χ0) is 11.4. The molecular formula is C13H16N2O. The van der Waals surface area contributed by atoms with Crippen LogP contribution in [0.3, 0.4) is 0 Å². The van der Waals surface area contributed by atoms with Crippen molar-refractivity contribution in [2.24, 2.45) is 0 Å². The number of benzene rings is 1. The predicted octanol–water partition coefficient (Wildman–Crippen LogP) is 2.35. The Morgan fingerprint density at radius 2 is 2.00 bits per heavy atom. The molecule has 0 saturated heterocycles. The summed E-state index contributed by atoms with van der Waals surface area (Å²) in [5.41, 5.74) is 1.20. The molecule has 2 aromatic rings. The lowest BCUT2D eigenvalue weighted by Gasteiger charge is -2.09. The molecule has 0 radical (unpaired) electrons. The van der Waals surface area contributed by atoms with Crippen LogP contribution >= 0.6 is 0 Å². The summed E-state index contributed by atoms with van der Waals surface area (Å²) >= 11 is 0. The van der Waals surface area contributed by atoms with Gasteiger partial charge in [-0.3, -0.25) is 0 Å². The minimum atomic E-state index is 0.641.